The zero-order valence-electron chi connectivity index (χ0n) is 16.2. The molecule has 0 aliphatic carbocycles. The van der Waals surface area contributed by atoms with Crippen LogP contribution in [0, 0.1) is 6.92 Å². The number of rotatable bonds is 6. The fourth-order valence-corrected chi connectivity index (χ4v) is 3.57. The summed E-state index contributed by atoms with van der Waals surface area (Å²) in [4.78, 5) is 5.18. The summed E-state index contributed by atoms with van der Waals surface area (Å²) in [7, 11) is 0. The van der Waals surface area contributed by atoms with Gasteiger partial charge in [-0.05, 0) is 24.6 Å². The number of aromatic nitrogens is 2. The van der Waals surface area contributed by atoms with Crippen LogP contribution in [-0.2, 0) is 17.8 Å². The summed E-state index contributed by atoms with van der Waals surface area (Å²) < 4.78 is 7.86. The number of nitrogens with zero attached hydrogens (tertiary/aromatic N) is 1. The van der Waals surface area contributed by atoms with Crippen molar-refractivity contribution >= 4 is 17.0 Å². The molecule has 3 N–H and O–H groups in total. The summed E-state index contributed by atoms with van der Waals surface area (Å²) >= 11 is 0. The lowest BCUT2D eigenvalue weighted by molar-refractivity contribution is -0.923. The predicted molar refractivity (Wildman–Crippen MR) is 103 cm³/mol. The van der Waals surface area contributed by atoms with Crippen LogP contribution >= 0.6 is 0 Å². The molecule has 0 amide bonds. The molecule has 1 aliphatic heterocycles. The van der Waals surface area contributed by atoms with Gasteiger partial charge in [0.25, 0.3) is 0 Å². The van der Waals surface area contributed by atoms with E-state index in [4.69, 9.17) is 4.74 Å². The molecule has 0 atom stereocenters. The maximum atomic E-state index is 5.48. The van der Waals surface area contributed by atoms with E-state index in [0.717, 1.165) is 51.9 Å². The van der Waals surface area contributed by atoms with E-state index in [1.54, 1.807) is 4.90 Å². The van der Waals surface area contributed by atoms with Crippen LogP contribution in [-0.4, -0.2) is 37.8 Å². The number of halogens is 2. The largest absolute Gasteiger partial charge is 1.00 e. The lowest BCUT2D eigenvalue weighted by atomic mass is 10.1. The number of H-pyrrole nitrogens is 1. The summed E-state index contributed by atoms with van der Waals surface area (Å²) in [5.41, 5.74) is 5.02. The molecule has 152 valence electrons. The predicted octanol–water partition coefficient (Wildman–Crippen LogP) is -4.70. The van der Waals surface area contributed by atoms with Crippen molar-refractivity contribution in [3.63, 3.8) is 0 Å². The molecule has 0 unspecified atom stereocenters. The van der Waals surface area contributed by atoms with Gasteiger partial charge < -0.3 is 34.5 Å². The minimum Gasteiger partial charge on any atom is -1.00 e. The number of hydrogen-bond donors (Lipinski definition) is 3. The fourth-order valence-electron chi connectivity index (χ4n) is 3.57. The van der Waals surface area contributed by atoms with Gasteiger partial charge in [-0.25, -0.2) is 9.55 Å². The van der Waals surface area contributed by atoms with Gasteiger partial charge >= 0.3 is 5.95 Å². The Labute approximate surface area is 178 Å². The number of para-hydroxylation sites is 2. The number of aryl methyl sites for hydroxylation is 1. The molecule has 1 aliphatic rings. The van der Waals surface area contributed by atoms with E-state index in [0.29, 0.717) is 0 Å². The van der Waals surface area contributed by atoms with Crippen molar-refractivity contribution in [1.29, 1.82) is 0 Å². The molecule has 5 nitrogen and oxygen atoms in total. The summed E-state index contributed by atoms with van der Waals surface area (Å²) in [6.45, 7) is 9.03. The Hall–Kier alpha value is -1.79. The molecule has 0 radical (unpaired) electrons. The van der Waals surface area contributed by atoms with Crippen molar-refractivity contribution in [3.05, 3.63) is 59.7 Å². The zero-order valence-corrected chi connectivity index (χ0v) is 17.7. The van der Waals surface area contributed by atoms with Crippen LogP contribution in [0.2, 0.25) is 0 Å². The van der Waals surface area contributed by atoms with Gasteiger partial charge in [-0.3, -0.25) is 5.32 Å². The number of morpholine rings is 1. The van der Waals surface area contributed by atoms with Crippen molar-refractivity contribution < 1.29 is 39.0 Å². The number of nitrogens with one attached hydrogen (secondary N) is 3. The minimum atomic E-state index is 0. The second-order valence-corrected chi connectivity index (χ2v) is 7.09. The van der Waals surface area contributed by atoms with E-state index < -0.39 is 0 Å². The maximum absolute atomic E-state index is 5.48. The van der Waals surface area contributed by atoms with E-state index in [1.165, 1.54) is 22.2 Å². The highest BCUT2D eigenvalue weighted by molar-refractivity contribution is 5.72. The Bertz CT molecular complexity index is 860. The third-order valence-electron chi connectivity index (χ3n) is 5.19. The van der Waals surface area contributed by atoms with E-state index >= 15 is 0 Å². The number of benzene rings is 2. The van der Waals surface area contributed by atoms with E-state index in [9.17, 15) is 0 Å². The fraction of sp³-hybridized carbons (Fsp3) is 0.381. The molecule has 4 rings (SSSR count). The summed E-state index contributed by atoms with van der Waals surface area (Å²) in [6.07, 6.45) is 0. The van der Waals surface area contributed by atoms with Gasteiger partial charge in [0.1, 0.15) is 37.2 Å². The molecule has 0 bridgehead atoms. The van der Waals surface area contributed by atoms with E-state index in [1.807, 2.05) is 0 Å². The highest BCUT2D eigenvalue weighted by atomic mass is 35.5. The van der Waals surface area contributed by atoms with Crippen molar-refractivity contribution in [2.45, 2.75) is 20.0 Å². The number of ether oxygens (including phenoxy) is 1. The number of fused-ring (bicyclic) bond motifs is 1. The van der Waals surface area contributed by atoms with Crippen molar-refractivity contribution in [2.24, 2.45) is 0 Å². The highest BCUT2D eigenvalue weighted by Gasteiger charge is 2.20. The minimum absolute atomic E-state index is 0. The molecule has 2 heterocycles. The van der Waals surface area contributed by atoms with Crippen molar-refractivity contribution in [3.8, 4) is 0 Å². The first-order valence-electron chi connectivity index (χ1n) is 9.51. The third kappa shape index (κ3) is 5.39. The average molecular weight is 423 g/mol. The number of hydrogen-bond acceptors (Lipinski definition) is 2. The molecule has 1 fully saturated rings. The summed E-state index contributed by atoms with van der Waals surface area (Å²) in [5, 5.41) is 3.60. The lowest BCUT2D eigenvalue weighted by Crippen LogP contribution is -3.14. The van der Waals surface area contributed by atoms with Gasteiger partial charge in [-0.2, -0.15) is 0 Å². The Morgan fingerprint density at radius 3 is 2.50 bits per heavy atom. The van der Waals surface area contributed by atoms with Crippen LogP contribution in [0.25, 0.3) is 11.0 Å². The Balaban J connectivity index is 0.00000140. The van der Waals surface area contributed by atoms with Gasteiger partial charge in [-0.1, -0.05) is 42.0 Å². The molecule has 0 saturated carbocycles. The maximum Gasteiger partial charge on any atom is 0.356 e. The first-order valence-corrected chi connectivity index (χ1v) is 9.51. The van der Waals surface area contributed by atoms with Crippen LogP contribution in [0.5, 0.6) is 0 Å². The molecule has 2 aromatic carbocycles. The summed E-state index contributed by atoms with van der Waals surface area (Å²) in [5.74, 6) is 1.08. The lowest BCUT2D eigenvalue weighted by Gasteiger charge is -2.23. The molecule has 28 heavy (non-hydrogen) atoms. The number of imidazole rings is 1. The van der Waals surface area contributed by atoms with Crippen molar-refractivity contribution in [2.75, 3.05) is 38.2 Å². The summed E-state index contributed by atoms with van der Waals surface area (Å²) in [6, 6.07) is 17.2. The van der Waals surface area contributed by atoms with E-state index in [-0.39, 0.29) is 24.8 Å². The Morgan fingerprint density at radius 2 is 1.75 bits per heavy atom. The monoisotopic (exact) mass is 422 g/mol. The SMILES string of the molecule is Cc1ccc(CNc2[nH]c3ccccc3[n+]2CC[NH+]2CCOCC2)cc1.[Cl-].[Cl-]. The molecule has 1 saturated heterocycles. The van der Waals surface area contributed by atoms with Gasteiger partial charge in [-0.15, -0.1) is 0 Å². The average Bonchev–Trinajstić information content (AvgIpc) is 3.04. The second kappa shape index (κ2) is 10.7. The molecular weight excluding hydrogens is 395 g/mol. The highest BCUT2D eigenvalue weighted by Crippen LogP contribution is 2.13. The van der Waals surface area contributed by atoms with E-state index in [2.05, 4.69) is 70.3 Å². The first-order chi connectivity index (χ1) is 12.8. The van der Waals surface area contributed by atoms with Gasteiger partial charge in [0, 0.05) is 0 Å². The smallest absolute Gasteiger partial charge is 0.356 e. The van der Waals surface area contributed by atoms with Gasteiger partial charge in [0.15, 0.2) is 0 Å². The van der Waals surface area contributed by atoms with Crippen molar-refractivity contribution in [1.82, 2.24) is 4.98 Å². The standard InChI is InChI=1S/C21H26N4O.2ClH/c1-17-6-8-18(9-7-17)16-22-21-23-19-4-2-3-5-20(19)25(21)11-10-24-12-14-26-15-13-24;;/h2-9H,10-16H2,1H3,(H,22,23);2*1H. The zero-order chi connectivity index (χ0) is 17.8. The topological polar surface area (TPSA) is 45.4 Å². The van der Waals surface area contributed by atoms with Crippen LogP contribution in [0.4, 0.5) is 5.95 Å². The normalized spacial score (nSPS) is 14.3. The van der Waals surface area contributed by atoms with Crippen LogP contribution < -0.4 is 39.6 Å². The van der Waals surface area contributed by atoms with Crippen LogP contribution in [0.15, 0.2) is 48.5 Å². The van der Waals surface area contributed by atoms with Gasteiger partial charge in [0.05, 0.1) is 19.8 Å². The Kier molecular flexibility index (Phi) is 8.58. The molecule has 1 aromatic heterocycles. The quantitative estimate of drug-likeness (QED) is 0.349. The molecule has 7 heteroatoms. The molecule has 0 spiro atoms. The van der Waals surface area contributed by atoms with Crippen LogP contribution in [0.3, 0.4) is 0 Å². The number of anilines is 1. The second-order valence-electron chi connectivity index (χ2n) is 7.09. The van der Waals surface area contributed by atoms with Crippen LogP contribution in [0.1, 0.15) is 11.1 Å². The first kappa shape index (κ1) is 22.5. The molecular formula is C21H28Cl2N4O. The van der Waals surface area contributed by atoms with Gasteiger partial charge in [0.2, 0.25) is 0 Å². The molecule has 3 aromatic rings. The number of quaternary nitrogens is 1. The third-order valence-corrected chi connectivity index (χ3v) is 5.19. The Morgan fingerprint density at radius 1 is 1.04 bits per heavy atom. The number of aromatic amines is 1.